The van der Waals surface area contributed by atoms with Crippen LogP contribution in [0.3, 0.4) is 0 Å². The van der Waals surface area contributed by atoms with Crippen LogP contribution in [0.1, 0.15) is 10.4 Å². The molecule has 1 aromatic rings. The van der Waals surface area contributed by atoms with Gasteiger partial charge in [-0.1, -0.05) is 0 Å². The summed E-state index contributed by atoms with van der Waals surface area (Å²) >= 11 is 0. The molecule has 0 unspecified atom stereocenters. The maximum atomic E-state index is 11.4. The third-order valence-corrected chi connectivity index (χ3v) is 1.75. The number of aromatic nitrogens is 1. The number of carbonyl (C=O) groups is 2. The quantitative estimate of drug-likeness (QED) is 0.480. The Morgan fingerprint density at radius 3 is 2.62 bits per heavy atom. The number of urea groups is 1. The van der Waals surface area contributed by atoms with Gasteiger partial charge in [-0.25, -0.2) is 4.79 Å². The fourth-order valence-electron chi connectivity index (χ4n) is 1.05. The van der Waals surface area contributed by atoms with Gasteiger partial charge in [0.1, 0.15) is 0 Å². The summed E-state index contributed by atoms with van der Waals surface area (Å²) < 4.78 is 0. The average Bonchev–Trinajstić information content (AvgIpc) is 2.24. The zero-order valence-electron chi connectivity index (χ0n) is 8.45. The summed E-state index contributed by atoms with van der Waals surface area (Å²) in [6.07, 6.45) is 1.39. The second-order valence-electron chi connectivity index (χ2n) is 2.99. The van der Waals surface area contributed by atoms with Gasteiger partial charge in [0, 0.05) is 30.9 Å². The largest absolute Gasteiger partial charge is 0.352 e. The summed E-state index contributed by atoms with van der Waals surface area (Å²) in [6.45, 7) is 0.485. The molecule has 0 aliphatic carbocycles. The van der Waals surface area contributed by atoms with Crippen molar-refractivity contribution in [3.63, 3.8) is 0 Å². The van der Waals surface area contributed by atoms with Crippen LogP contribution >= 0.6 is 0 Å². The summed E-state index contributed by atoms with van der Waals surface area (Å²) in [5, 5.41) is 4.84. The monoisotopic (exact) mass is 224 g/mol. The Morgan fingerprint density at radius 1 is 1.31 bits per heavy atom. The van der Waals surface area contributed by atoms with Crippen molar-refractivity contribution in [1.82, 2.24) is 15.6 Å². The standard InChI is InChI=1S/C9H12N4O3/c10-9(16)13-4-3-12-8(15)6-1-2-11-7(14)5-6/h1-2,5H,3-4H2,(H,11,14)(H,12,15)(H3,10,13,16). The van der Waals surface area contributed by atoms with Crippen LogP contribution < -0.4 is 21.9 Å². The van der Waals surface area contributed by atoms with E-state index in [4.69, 9.17) is 5.73 Å². The number of H-pyrrole nitrogens is 1. The van der Waals surface area contributed by atoms with E-state index in [1.54, 1.807) is 0 Å². The molecule has 0 spiro atoms. The van der Waals surface area contributed by atoms with Gasteiger partial charge >= 0.3 is 6.03 Å². The number of amides is 3. The highest BCUT2D eigenvalue weighted by Gasteiger charge is 2.04. The van der Waals surface area contributed by atoms with Crippen LogP contribution in [0.25, 0.3) is 0 Å². The van der Waals surface area contributed by atoms with E-state index in [2.05, 4.69) is 15.6 Å². The highest BCUT2D eigenvalue weighted by atomic mass is 16.2. The molecule has 1 heterocycles. The molecule has 1 aromatic heterocycles. The van der Waals surface area contributed by atoms with Crippen LogP contribution in [-0.4, -0.2) is 30.0 Å². The molecule has 0 radical (unpaired) electrons. The topological polar surface area (TPSA) is 117 Å². The van der Waals surface area contributed by atoms with Gasteiger partial charge in [0.25, 0.3) is 5.91 Å². The lowest BCUT2D eigenvalue weighted by molar-refractivity contribution is 0.0953. The maximum Gasteiger partial charge on any atom is 0.312 e. The minimum atomic E-state index is -0.648. The lowest BCUT2D eigenvalue weighted by atomic mass is 10.2. The summed E-state index contributed by atoms with van der Waals surface area (Å²) in [5.41, 5.74) is 4.75. The van der Waals surface area contributed by atoms with Crippen LogP contribution in [0.2, 0.25) is 0 Å². The predicted octanol–water partition coefficient (Wildman–Crippen LogP) is -1.23. The number of pyridine rings is 1. The molecule has 5 N–H and O–H groups in total. The number of nitrogens with two attached hydrogens (primary N) is 1. The molecule has 0 fully saturated rings. The number of nitrogens with one attached hydrogen (secondary N) is 3. The lowest BCUT2D eigenvalue weighted by Gasteiger charge is -2.04. The van der Waals surface area contributed by atoms with Gasteiger partial charge in [-0.05, 0) is 6.07 Å². The third-order valence-electron chi connectivity index (χ3n) is 1.75. The number of rotatable bonds is 4. The first kappa shape index (κ1) is 11.8. The molecule has 3 amide bonds. The first-order valence-corrected chi connectivity index (χ1v) is 4.60. The maximum absolute atomic E-state index is 11.4. The fraction of sp³-hybridized carbons (Fsp3) is 0.222. The molecule has 7 heteroatoms. The van der Waals surface area contributed by atoms with Gasteiger partial charge in [0.05, 0.1) is 0 Å². The van der Waals surface area contributed by atoms with E-state index in [1.807, 2.05) is 0 Å². The summed E-state index contributed by atoms with van der Waals surface area (Å²) in [5.74, 6) is -0.377. The second kappa shape index (κ2) is 5.54. The molecule has 1 rings (SSSR count). The Kier molecular flexibility index (Phi) is 4.07. The molecular formula is C9H12N4O3. The van der Waals surface area contributed by atoms with Crippen molar-refractivity contribution in [3.8, 4) is 0 Å². The van der Waals surface area contributed by atoms with Crippen LogP contribution in [-0.2, 0) is 0 Å². The number of primary amides is 1. The highest BCUT2D eigenvalue weighted by molar-refractivity contribution is 5.93. The van der Waals surface area contributed by atoms with Crippen molar-refractivity contribution in [2.24, 2.45) is 5.73 Å². The minimum absolute atomic E-state index is 0.240. The molecule has 0 aliphatic heterocycles. The molecule has 86 valence electrons. The molecule has 0 aliphatic rings. The molecule has 0 aromatic carbocycles. The van der Waals surface area contributed by atoms with Gasteiger partial charge in [-0.15, -0.1) is 0 Å². The molecule has 0 saturated carbocycles. The van der Waals surface area contributed by atoms with Crippen LogP contribution in [0.5, 0.6) is 0 Å². The predicted molar refractivity (Wildman–Crippen MR) is 57.0 cm³/mol. The van der Waals surface area contributed by atoms with E-state index < -0.39 is 6.03 Å². The smallest absolute Gasteiger partial charge is 0.312 e. The van der Waals surface area contributed by atoms with Crippen molar-refractivity contribution >= 4 is 11.9 Å². The average molecular weight is 224 g/mol. The molecular weight excluding hydrogens is 212 g/mol. The normalized spacial score (nSPS) is 9.50. The van der Waals surface area contributed by atoms with Crippen molar-refractivity contribution in [2.75, 3.05) is 13.1 Å². The summed E-state index contributed by atoms with van der Waals surface area (Å²) in [7, 11) is 0. The Hall–Kier alpha value is -2.31. The van der Waals surface area contributed by atoms with Crippen molar-refractivity contribution in [2.45, 2.75) is 0 Å². The first-order chi connectivity index (χ1) is 7.59. The van der Waals surface area contributed by atoms with Gasteiger partial charge in [0.2, 0.25) is 5.56 Å². The van der Waals surface area contributed by atoms with Crippen molar-refractivity contribution in [1.29, 1.82) is 0 Å². The van der Waals surface area contributed by atoms with Gasteiger partial charge < -0.3 is 21.4 Å². The van der Waals surface area contributed by atoms with Gasteiger partial charge in [0.15, 0.2) is 0 Å². The van der Waals surface area contributed by atoms with E-state index in [9.17, 15) is 14.4 Å². The van der Waals surface area contributed by atoms with E-state index in [1.165, 1.54) is 18.3 Å². The van der Waals surface area contributed by atoms with Crippen LogP contribution in [0, 0.1) is 0 Å². The first-order valence-electron chi connectivity index (χ1n) is 4.60. The Bertz CT molecular complexity index is 440. The summed E-state index contributed by atoms with van der Waals surface area (Å²) in [4.78, 5) is 35.0. The number of aromatic amines is 1. The van der Waals surface area contributed by atoms with E-state index >= 15 is 0 Å². The third kappa shape index (κ3) is 3.82. The lowest BCUT2D eigenvalue weighted by Crippen LogP contribution is -2.37. The number of hydrogen-bond acceptors (Lipinski definition) is 3. The van der Waals surface area contributed by atoms with Gasteiger partial charge in [-0.2, -0.15) is 0 Å². The number of carbonyl (C=O) groups excluding carboxylic acids is 2. The Balaban J connectivity index is 2.41. The fourth-order valence-corrected chi connectivity index (χ4v) is 1.05. The van der Waals surface area contributed by atoms with Crippen LogP contribution in [0.15, 0.2) is 23.1 Å². The molecule has 7 nitrogen and oxygen atoms in total. The molecule has 0 saturated heterocycles. The molecule has 0 atom stereocenters. The molecule has 0 bridgehead atoms. The second-order valence-corrected chi connectivity index (χ2v) is 2.99. The van der Waals surface area contributed by atoms with Gasteiger partial charge in [-0.3, -0.25) is 9.59 Å². The SMILES string of the molecule is NC(=O)NCCNC(=O)c1cc[nH]c(=O)c1. The van der Waals surface area contributed by atoms with Crippen LogP contribution in [0.4, 0.5) is 4.79 Å². The molecule has 16 heavy (non-hydrogen) atoms. The zero-order chi connectivity index (χ0) is 12.0. The summed E-state index contributed by atoms with van der Waals surface area (Å²) in [6, 6.07) is 2.03. The Labute approximate surface area is 91.0 Å². The van der Waals surface area contributed by atoms with E-state index in [-0.39, 0.29) is 30.1 Å². The van der Waals surface area contributed by atoms with Crippen molar-refractivity contribution < 1.29 is 9.59 Å². The van der Waals surface area contributed by atoms with E-state index in [0.29, 0.717) is 0 Å². The Morgan fingerprint density at radius 2 is 2.00 bits per heavy atom. The van der Waals surface area contributed by atoms with Crippen molar-refractivity contribution in [3.05, 3.63) is 34.2 Å². The minimum Gasteiger partial charge on any atom is -0.352 e. The zero-order valence-corrected chi connectivity index (χ0v) is 8.45. The number of hydrogen-bond donors (Lipinski definition) is 4. The highest BCUT2D eigenvalue weighted by Crippen LogP contribution is 1.91. The van der Waals surface area contributed by atoms with E-state index in [0.717, 1.165) is 0 Å².